The van der Waals surface area contributed by atoms with E-state index in [9.17, 15) is 4.79 Å². The van der Waals surface area contributed by atoms with Crippen LogP contribution in [-0.2, 0) is 14.9 Å². The van der Waals surface area contributed by atoms with Crippen LogP contribution in [0.3, 0.4) is 0 Å². The van der Waals surface area contributed by atoms with Crippen LogP contribution in [0.25, 0.3) is 0 Å². The Morgan fingerprint density at radius 2 is 1.81 bits per heavy atom. The number of carbonyl (C=O) groups excluding carboxylic acids is 1. The van der Waals surface area contributed by atoms with E-state index in [0.717, 1.165) is 38.8 Å². The van der Waals surface area contributed by atoms with Crippen LogP contribution in [0.1, 0.15) is 52.0 Å². The van der Waals surface area contributed by atoms with Crippen LogP contribution in [0.4, 0.5) is 5.69 Å². The van der Waals surface area contributed by atoms with Gasteiger partial charge in [0.25, 0.3) is 0 Å². The summed E-state index contributed by atoms with van der Waals surface area (Å²) in [5.74, 6) is 0.0360. The molecule has 2 heterocycles. The van der Waals surface area contributed by atoms with Crippen molar-refractivity contribution >= 4 is 11.6 Å². The van der Waals surface area contributed by atoms with Crippen molar-refractivity contribution in [1.82, 2.24) is 5.32 Å². The fraction of sp³-hybridized carbons (Fsp3) is 0.667. The van der Waals surface area contributed by atoms with Crippen molar-refractivity contribution in [2.75, 3.05) is 24.5 Å². The van der Waals surface area contributed by atoms with E-state index in [1.165, 1.54) is 11.3 Å². The predicted octanol–water partition coefficient (Wildman–Crippen LogP) is 2.58. The predicted molar refractivity (Wildman–Crippen MR) is 105 cm³/mol. The van der Waals surface area contributed by atoms with Gasteiger partial charge in [-0.3, -0.25) is 4.79 Å². The number of benzene rings is 1. The summed E-state index contributed by atoms with van der Waals surface area (Å²) >= 11 is 0. The van der Waals surface area contributed by atoms with Crippen LogP contribution in [0.15, 0.2) is 24.3 Å². The van der Waals surface area contributed by atoms with Gasteiger partial charge >= 0.3 is 0 Å². The molecule has 0 bridgehead atoms. The van der Waals surface area contributed by atoms with Gasteiger partial charge in [-0.05, 0) is 48.8 Å². The quantitative estimate of drug-likeness (QED) is 0.867. The molecule has 0 spiro atoms. The molecule has 0 radical (unpaired) electrons. The lowest BCUT2D eigenvalue weighted by Crippen LogP contribution is -2.47. The Morgan fingerprint density at radius 1 is 1.15 bits per heavy atom. The number of carbonyl (C=O) groups is 1. The molecule has 2 saturated heterocycles. The summed E-state index contributed by atoms with van der Waals surface area (Å²) in [5, 5.41) is 3.18. The van der Waals surface area contributed by atoms with Crippen LogP contribution in [-0.4, -0.2) is 43.8 Å². The van der Waals surface area contributed by atoms with Crippen molar-refractivity contribution in [3.8, 4) is 0 Å². The van der Waals surface area contributed by atoms with Gasteiger partial charge < -0.3 is 20.7 Å². The average Bonchev–Trinajstić information content (AvgIpc) is 3.11. The first-order valence-corrected chi connectivity index (χ1v) is 9.88. The standard InChI is InChI=1S/C21H33N3O2/c1-21(2,3)15-4-6-17(7-5-15)24-12-10-16(11-13-24)23-20(25)19-9-8-18(14-22)26-19/h4-7,16,18-19H,8-14,22H2,1-3H3,(H,23,25)/t18-,19+/m1/s1. The minimum absolute atomic E-state index is 0.0360. The lowest BCUT2D eigenvalue weighted by Gasteiger charge is -2.34. The Morgan fingerprint density at radius 3 is 2.35 bits per heavy atom. The third-order valence-corrected chi connectivity index (χ3v) is 5.60. The van der Waals surface area contributed by atoms with Crippen LogP contribution in [0, 0.1) is 0 Å². The maximum absolute atomic E-state index is 12.4. The summed E-state index contributed by atoms with van der Waals surface area (Å²) in [7, 11) is 0. The number of nitrogens with two attached hydrogens (primary N) is 1. The Kier molecular flexibility index (Phi) is 5.88. The highest BCUT2D eigenvalue weighted by Gasteiger charge is 2.31. The van der Waals surface area contributed by atoms with Crippen LogP contribution < -0.4 is 16.0 Å². The lowest BCUT2D eigenvalue weighted by atomic mass is 9.87. The molecule has 26 heavy (non-hydrogen) atoms. The molecule has 5 nitrogen and oxygen atoms in total. The van der Waals surface area contributed by atoms with Crippen molar-refractivity contribution in [3.63, 3.8) is 0 Å². The first-order chi connectivity index (χ1) is 12.4. The summed E-state index contributed by atoms with van der Waals surface area (Å²) in [6.07, 6.45) is 3.35. The molecule has 0 saturated carbocycles. The SMILES string of the molecule is CC(C)(C)c1ccc(N2CCC(NC(=O)[C@@H]3CC[C@H](CN)O3)CC2)cc1. The Hall–Kier alpha value is -1.59. The molecule has 0 aliphatic carbocycles. The summed E-state index contributed by atoms with van der Waals surface area (Å²) in [6, 6.07) is 9.15. The van der Waals surface area contributed by atoms with Crippen molar-refractivity contribution in [2.45, 2.75) is 70.1 Å². The van der Waals surface area contributed by atoms with E-state index in [4.69, 9.17) is 10.5 Å². The Labute approximate surface area is 157 Å². The van der Waals surface area contributed by atoms with Gasteiger partial charge in [0.2, 0.25) is 5.91 Å². The average molecular weight is 360 g/mol. The van der Waals surface area contributed by atoms with E-state index >= 15 is 0 Å². The van der Waals surface area contributed by atoms with Gasteiger partial charge in [0.05, 0.1) is 6.10 Å². The normalized spacial score (nSPS) is 24.7. The largest absolute Gasteiger partial charge is 0.371 e. The Bertz CT molecular complexity index is 601. The van der Waals surface area contributed by atoms with Crippen molar-refractivity contribution < 1.29 is 9.53 Å². The highest BCUT2D eigenvalue weighted by atomic mass is 16.5. The maximum Gasteiger partial charge on any atom is 0.249 e. The molecule has 0 aromatic heterocycles. The first-order valence-electron chi connectivity index (χ1n) is 9.88. The summed E-state index contributed by atoms with van der Waals surface area (Å²) < 4.78 is 5.70. The monoisotopic (exact) mass is 359 g/mol. The number of nitrogens with one attached hydrogen (secondary N) is 1. The van der Waals surface area contributed by atoms with E-state index < -0.39 is 0 Å². The zero-order valence-electron chi connectivity index (χ0n) is 16.3. The van der Waals surface area contributed by atoms with E-state index in [1.54, 1.807) is 0 Å². The van der Waals surface area contributed by atoms with Crippen molar-refractivity contribution in [1.29, 1.82) is 0 Å². The fourth-order valence-electron chi connectivity index (χ4n) is 3.82. The maximum atomic E-state index is 12.4. The van der Waals surface area contributed by atoms with Crippen LogP contribution in [0.2, 0.25) is 0 Å². The number of hydrogen-bond donors (Lipinski definition) is 2. The molecule has 1 aromatic rings. The second kappa shape index (κ2) is 7.97. The molecule has 3 N–H and O–H groups in total. The first kappa shape index (κ1) is 19.2. The second-order valence-electron chi connectivity index (χ2n) is 8.63. The van der Waals surface area contributed by atoms with Gasteiger partial charge in [0, 0.05) is 31.4 Å². The molecule has 144 valence electrons. The molecule has 0 unspecified atom stereocenters. The number of anilines is 1. The molecule has 1 amide bonds. The zero-order valence-corrected chi connectivity index (χ0v) is 16.3. The third kappa shape index (κ3) is 4.57. The molecule has 2 aliphatic heterocycles. The number of rotatable bonds is 4. The van der Waals surface area contributed by atoms with Gasteiger partial charge in [0.15, 0.2) is 0 Å². The van der Waals surface area contributed by atoms with Crippen molar-refractivity contribution in [3.05, 3.63) is 29.8 Å². The van der Waals surface area contributed by atoms with E-state index in [-0.39, 0.29) is 29.6 Å². The molecular weight excluding hydrogens is 326 g/mol. The van der Waals surface area contributed by atoms with Crippen molar-refractivity contribution in [2.24, 2.45) is 5.73 Å². The third-order valence-electron chi connectivity index (χ3n) is 5.60. The van der Waals surface area contributed by atoms with Crippen LogP contribution in [0.5, 0.6) is 0 Å². The highest BCUT2D eigenvalue weighted by Crippen LogP contribution is 2.26. The van der Waals surface area contributed by atoms with Gasteiger partial charge in [0.1, 0.15) is 6.10 Å². The molecule has 2 aliphatic rings. The number of hydrogen-bond acceptors (Lipinski definition) is 4. The summed E-state index contributed by atoms with van der Waals surface area (Å²) in [6.45, 7) is 9.14. The van der Waals surface area contributed by atoms with Gasteiger partial charge in [-0.25, -0.2) is 0 Å². The molecule has 3 rings (SSSR count). The highest BCUT2D eigenvalue weighted by molar-refractivity contribution is 5.81. The Balaban J connectivity index is 1.47. The van der Waals surface area contributed by atoms with E-state index in [1.807, 2.05) is 0 Å². The van der Waals surface area contributed by atoms with E-state index in [2.05, 4.69) is 55.3 Å². The van der Waals surface area contributed by atoms with Crippen LogP contribution >= 0.6 is 0 Å². The minimum Gasteiger partial charge on any atom is -0.371 e. The fourth-order valence-corrected chi connectivity index (χ4v) is 3.82. The number of nitrogens with zero attached hydrogens (tertiary/aromatic N) is 1. The molecule has 2 fully saturated rings. The number of amides is 1. The molecular formula is C21H33N3O2. The lowest BCUT2D eigenvalue weighted by molar-refractivity contribution is -0.132. The smallest absolute Gasteiger partial charge is 0.249 e. The molecule has 1 aromatic carbocycles. The number of piperidine rings is 1. The summed E-state index contributed by atoms with van der Waals surface area (Å²) in [4.78, 5) is 14.8. The van der Waals surface area contributed by atoms with E-state index in [0.29, 0.717) is 6.54 Å². The van der Waals surface area contributed by atoms with Gasteiger partial charge in [-0.2, -0.15) is 0 Å². The zero-order chi connectivity index (χ0) is 18.7. The minimum atomic E-state index is -0.313. The molecule has 5 heteroatoms. The van der Waals surface area contributed by atoms with Gasteiger partial charge in [-0.15, -0.1) is 0 Å². The summed E-state index contributed by atoms with van der Waals surface area (Å²) in [5.41, 5.74) is 8.43. The molecule has 2 atom stereocenters. The van der Waals surface area contributed by atoms with Gasteiger partial charge in [-0.1, -0.05) is 32.9 Å². The second-order valence-corrected chi connectivity index (χ2v) is 8.63. The number of ether oxygens (including phenoxy) is 1. The topological polar surface area (TPSA) is 67.6 Å².